The highest BCUT2D eigenvalue weighted by Crippen LogP contribution is 2.30. The fourth-order valence-electron chi connectivity index (χ4n) is 2.45. The summed E-state index contributed by atoms with van der Waals surface area (Å²) in [7, 11) is 0. The Morgan fingerprint density at radius 2 is 2.10 bits per heavy atom. The standard InChI is InChI=1S/C17H17FO2/c1-11-4-3-5-16(12(11)2)19-10-15-9-13-8-14(18)6-7-17(13)20-15/h3-8,15H,9-10H2,1-2H3. The second kappa shape index (κ2) is 5.16. The van der Waals surface area contributed by atoms with Gasteiger partial charge >= 0.3 is 0 Å². The molecule has 0 radical (unpaired) electrons. The van der Waals surface area contributed by atoms with Gasteiger partial charge in [0.1, 0.15) is 30.0 Å². The maximum atomic E-state index is 13.2. The monoisotopic (exact) mass is 272 g/mol. The number of hydrogen-bond donors (Lipinski definition) is 0. The summed E-state index contributed by atoms with van der Waals surface area (Å²) in [5.41, 5.74) is 3.27. The van der Waals surface area contributed by atoms with Gasteiger partial charge in [0.25, 0.3) is 0 Å². The van der Waals surface area contributed by atoms with Crippen LogP contribution in [0.5, 0.6) is 11.5 Å². The zero-order valence-corrected chi connectivity index (χ0v) is 11.7. The van der Waals surface area contributed by atoms with Gasteiger partial charge in [0.05, 0.1) is 0 Å². The Labute approximate surface area is 118 Å². The number of halogens is 1. The minimum Gasteiger partial charge on any atom is -0.489 e. The van der Waals surface area contributed by atoms with Gasteiger partial charge in [-0.2, -0.15) is 0 Å². The fourth-order valence-corrected chi connectivity index (χ4v) is 2.45. The van der Waals surface area contributed by atoms with Gasteiger partial charge in [0, 0.05) is 12.0 Å². The molecule has 104 valence electrons. The summed E-state index contributed by atoms with van der Waals surface area (Å²) in [6, 6.07) is 10.6. The molecule has 0 N–H and O–H groups in total. The van der Waals surface area contributed by atoms with Gasteiger partial charge in [0.15, 0.2) is 0 Å². The van der Waals surface area contributed by atoms with Crippen molar-refractivity contribution in [3.8, 4) is 11.5 Å². The third kappa shape index (κ3) is 2.48. The van der Waals surface area contributed by atoms with Crippen LogP contribution in [0.1, 0.15) is 16.7 Å². The summed E-state index contributed by atoms with van der Waals surface area (Å²) >= 11 is 0. The molecule has 0 spiro atoms. The van der Waals surface area contributed by atoms with Gasteiger partial charge in [-0.15, -0.1) is 0 Å². The van der Waals surface area contributed by atoms with Crippen LogP contribution < -0.4 is 9.47 Å². The van der Waals surface area contributed by atoms with E-state index in [2.05, 4.69) is 13.0 Å². The van der Waals surface area contributed by atoms with Crippen LogP contribution in [-0.4, -0.2) is 12.7 Å². The molecule has 0 fully saturated rings. The van der Waals surface area contributed by atoms with Crippen molar-refractivity contribution in [2.45, 2.75) is 26.4 Å². The van der Waals surface area contributed by atoms with E-state index in [1.54, 1.807) is 6.07 Å². The van der Waals surface area contributed by atoms with Crippen LogP contribution in [0.3, 0.4) is 0 Å². The summed E-state index contributed by atoms with van der Waals surface area (Å²) < 4.78 is 24.8. The molecule has 0 bridgehead atoms. The highest BCUT2D eigenvalue weighted by molar-refractivity contribution is 5.39. The molecular formula is C17H17FO2. The van der Waals surface area contributed by atoms with E-state index in [0.717, 1.165) is 22.6 Å². The molecule has 1 unspecified atom stereocenters. The van der Waals surface area contributed by atoms with E-state index in [1.807, 2.05) is 19.1 Å². The van der Waals surface area contributed by atoms with Crippen LogP contribution in [0.4, 0.5) is 4.39 Å². The van der Waals surface area contributed by atoms with Gasteiger partial charge in [-0.05, 0) is 49.2 Å². The molecule has 2 aromatic rings. The molecule has 0 amide bonds. The Bertz CT molecular complexity index is 637. The van der Waals surface area contributed by atoms with E-state index in [1.165, 1.54) is 17.7 Å². The molecule has 2 nitrogen and oxygen atoms in total. The predicted octanol–water partition coefficient (Wildman–Crippen LogP) is 3.83. The number of rotatable bonds is 3. The third-order valence-electron chi connectivity index (χ3n) is 3.74. The zero-order chi connectivity index (χ0) is 14.1. The number of ether oxygens (including phenoxy) is 2. The van der Waals surface area contributed by atoms with Crippen molar-refractivity contribution < 1.29 is 13.9 Å². The van der Waals surface area contributed by atoms with Crippen molar-refractivity contribution >= 4 is 0 Å². The minimum absolute atomic E-state index is 0.0493. The van der Waals surface area contributed by atoms with Crippen molar-refractivity contribution in [2.75, 3.05) is 6.61 Å². The fraction of sp³-hybridized carbons (Fsp3) is 0.294. The number of aryl methyl sites for hydroxylation is 1. The zero-order valence-electron chi connectivity index (χ0n) is 11.7. The lowest BCUT2D eigenvalue weighted by Crippen LogP contribution is -2.22. The van der Waals surface area contributed by atoms with E-state index in [0.29, 0.717) is 13.0 Å². The Morgan fingerprint density at radius 3 is 2.95 bits per heavy atom. The van der Waals surface area contributed by atoms with Gasteiger partial charge in [0.2, 0.25) is 0 Å². The molecule has 2 aromatic carbocycles. The summed E-state index contributed by atoms with van der Waals surface area (Å²) in [4.78, 5) is 0. The average molecular weight is 272 g/mol. The maximum Gasteiger partial charge on any atom is 0.137 e. The first-order valence-electron chi connectivity index (χ1n) is 6.77. The average Bonchev–Trinajstić information content (AvgIpc) is 2.82. The largest absolute Gasteiger partial charge is 0.489 e. The Balaban J connectivity index is 1.65. The van der Waals surface area contributed by atoms with E-state index in [-0.39, 0.29) is 11.9 Å². The Hall–Kier alpha value is -2.03. The van der Waals surface area contributed by atoms with Crippen molar-refractivity contribution in [1.82, 2.24) is 0 Å². The molecule has 1 aliphatic rings. The van der Waals surface area contributed by atoms with E-state index in [9.17, 15) is 4.39 Å². The van der Waals surface area contributed by atoms with Crippen molar-refractivity contribution in [2.24, 2.45) is 0 Å². The number of fused-ring (bicyclic) bond motifs is 1. The molecule has 0 saturated carbocycles. The van der Waals surface area contributed by atoms with Gasteiger partial charge in [-0.3, -0.25) is 0 Å². The van der Waals surface area contributed by atoms with Crippen molar-refractivity contribution in [3.05, 3.63) is 58.9 Å². The van der Waals surface area contributed by atoms with Crippen LogP contribution >= 0.6 is 0 Å². The molecule has 20 heavy (non-hydrogen) atoms. The lowest BCUT2D eigenvalue weighted by Gasteiger charge is -2.14. The first-order chi connectivity index (χ1) is 9.63. The van der Waals surface area contributed by atoms with E-state index < -0.39 is 0 Å². The summed E-state index contributed by atoms with van der Waals surface area (Å²) in [6.07, 6.45) is 0.643. The smallest absolute Gasteiger partial charge is 0.137 e. The van der Waals surface area contributed by atoms with Crippen molar-refractivity contribution in [3.63, 3.8) is 0 Å². The second-order valence-corrected chi connectivity index (χ2v) is 5.21. The molecule has 1 heterocycles. The van der Waals surface area contributed by atoms with Gasteiger partial charge in [-0.25, -0.2) is 4.39 Å². The molecule has 0 saturated heterocycles. The first-order valence-corrected chi connectivity index (χ1v) is 6.77. The van der Waals surface area contributed by atoms with E-state index >= 15 is 0 Å². The highest BCUT2D eigenvalue weighted by atomic mass is 19.1. The maximum absolute atomic E-state index is 13.2. The molecule has 0 aromatic heterocycles. The molecule has 3 rings (SSSR count). The third-order valence-corrected chi connectivity index (χ3v) is 3.74. The topological polar surface area (TPSA) is 18.5 Å². The molecule has 1 aliphatic heterocycles. The van der Waals surface area contributed by atoms with Gasteiger partial charge < -0.3 is 9.47 Å². The van der Waals surface area contributed by atoms with Crippen LogP contribution in [0.2, 0.25) is 0 Å². The summed E-state index contributed by atoms with van der Waals surface area (Å²) in [5, 5.41) is 0. The SMILES string of the molecule is Cc1cccc(OCC2Cc3cc(F)ccc3O2)c1C. The van der Waals surface area contributed by atoms with Crippen LogP contribution in [-0.2, 0) is 6.42 Å². The summed E-state index contributed by atoms with van der Waals surface area (Å²) in [6.45, 7) is 4.58. The van der Waals surface area contributed by atoms with Gasteiger partial charge in [-0.1, -0.05) is 12.1 Å². The molecule has 1 atom stereocenters. The van der Waals surface area contributed by atoms with Crippen molar-refractivity contribution in [1.29, 1.82) is 0 Å². The molecular weight excluding hydrogens is 255 g/mol. The summed E-state index contributed by atoms with van der Waals surface area (Å²) in [5.74, 6) is 1.43. The minimum atomic E-state index is -0.219. The quantitative estimate of drug-likeness (QED) is 0.845. The predicted molar refractivity (Wildman–Crippen MR) is 75.9 cm³/mol. The number of benzene rings is 2. The Kier molecular flexibility index (Phi) is 3.35. The normalized spacial score (nSPS) is 16.6. The lowest BCUT2D eigenvalue weighted by molar-refractivity contribution is 0.148. The van der Waals surface area contributed by atoms with Crippen LogP contribution in [0, 0.1) is 19.7 Å². The first kappa shape index (κ1) is 13.0. The lowest BCUT2D eigenvalue weighted by atomic mass is 10.1. The van der Waals surface area contributed by atoms with Crippen LogP contribution in [0.15, 0.2) is 36.4 Å². The second-order valence-electron chi connectivity index (χ2n) is 5.21. The van der Waals surface area contributed by atoms with E-state index in [4.69, 9.17) is 9.47 Å². The molecule has 0 aliphatic carbocycles. The molecule has 3 heteroatoms. The number of hydrogen-bond acceptors (Lipinski definition) is 2. The Morgan fingerprint density at radius 1 is 1.25 bits per heavy atom. The van der Waals surface area contributed by atoms with Crippen LogP contribution in [0.25, 0.3) is 0 Å². The highest BCUT2D eigenvalue weighted by Gasteiger charge is 2.24.